The Balaban J connectivity index is 0.00000385. The van der Waals surface area contributed by atoms with Crippen LogP contribution in [0.25, 0.3) is 0 Å². The van der Waals surface area contributed by atoms with Crippen molar-refractivity contribution < 1.29 is 19.0 Å². The summed E-state index contributed by atoms with van der Waals surface area (Å²) in [6, 6.07) is 13.7. The van der Waals surface area contributed by atoms with Crippen molar-refractivity contribution in [2.24, 2.45) is 4.99 Å². The SMILES string of the molecule is CC(C)Oc1ccc(NC(=NCCC(=O)N(C)C)NCCc2ccc3c(c2)OCO3)cc1.I. The monoisotopic (exact) mass is 568 g/mol. The number of benzene rings is 2. The summed E-state index contributed by atoms with van der Waals surface area (Å²) in [6.07, 6.45) is 1.26. The zero-order chi connectivity index (χ0) is 22.9. The topological polar surface area (TPSA) is 84.4 Å². The second-order valence-corrected chi connectivity index (χ2v) is 7.95. The average Bonchev–Trinajstić information content (AvgIpc) is 3.22. The number of hydrogen-bond donors (Lipinski definition) is 2. The van der Waals surface area contributed by atoms with E-state index in [1.165, 1.54) is 0 Å². The number of fused-ring (bicyclic) bond motifs is 1. The number of nitrogens with one attached hydrogen (secondary N) is 2. The number of carbonyl (C=O) groups is 1. The van der Waals surface area contributed by atoms with Gasteiger partial charge in [0.2, 0.25) is 12.7 Å². The Morgan fingerprint density at radius 2 is 1.85 bits per heavy atom. The molecule has 1 aliphatic rings. The Morgan fingerprint density at radius 1 is 1.12 bits per heavy atom. The summed E-state index contributed by atoms with van der Waals surface area (Å²) in [5.74, 6) is 3.04. The third-order valence-electron chi connectivity index (χ3n) is 4.73. The van der Waals surface area contributed by atoms with Gasteiger partial charge in [-0.3, -0.25) is 9.79 Å². The lowest BCUT2D eigenvalue weighted by Gasteiger charge is -2.15. The number of halogens is 1. The number of nitrogens with zero attached hydrogens (tertiary/aromatic N) is 2. The van der Waals surface area contributed by atoms with Crippen molar-refractivity contribution >= 4 is 41.5 Å². The van der Waals surface area contributed by atoms with Crippen LogP contribution in [0.5, 0.6) is 17.2 Å². The number of anilines is 1. The molecule has 1 aliphatic heterocycles. The molecule has 0 aliphatic carbocycles. The van der Waals surface area contributed by atoms with Crippen molar-refractivity contribution in [2.45, 2.75) is 32.8 Å². The minimum absolute atomic E-state index is 0. The van der Waals surface area contributed by atoms with Gasteiger partial charge < -0.3 is 29.7 Å². The van der Waals surface area contributed by atoms with Gasteiger partial charge in [-0.05, 0) is 62.2 Å². The molecule has 0 unspecified atom stereocenters. The van der Waals surface area contributed by atoms with Crippen LogP contribution in [-0.4, -0.2) is 56.8 Å². The number of hydrogen-bond acceptors (Lipinski definition) is 5. The zero-order valence-electron chi connectivity index (χ0n) is 19.6. The Hall–Kier alpha value is -2.69. The predicted molar refractivity (Wildman–Crippen MR) is 141 cm³/mol. The molecule has 0 saturated carbocycles. The van der Waals surface area contributed by atoms with E-state index < -0.39 is 0 Å². The van der Waals surface area contributed by atoms with Crippen LogP contribution >= 0.6 is 24.0 Å². The highest BCUT2D eigenvalue weighted by atomic mass is 127. The van der Waals surface area contributed by atoms with Crippen LogP contribution in [0.3, 0.4) is 0 Å². The smallest absolute Gasteiger partial charge is 0.231 e. The van der Waals surface area contributed by atoms with E-state index in [0.717, 1.165) is 34.9 Å². The van der Waals surface area contributed by atoms with Crippen LogP contribution in [0.15, 0.2) is 47.5 Å². The highest BCUT2D eigenvalue weighted by Crippen LogP contribution is 2.32. The van der Waals surface area contributed by atoms with Gasteiger partial charge in [-0.15, -0.1) is 24.0 Å². The van der Waals surface area contributed by atoms with E-state index in [-0.39, 0.29) is 42.8 Å². The minimum atomic E-state index is 0. The van der Waals surface area contributed by atoms with Gasteiger partial charge in [0, 0.05) is 32.7 Å². The zero-order valence-corrected chi connectivity index (χ0v) is 21.9. The molecular formula is C24H33IN4O4. The number of rotatable bonds is 9. The molecule has 0 aromatic heterocycles. The fraction of sp³-hybridized carbons (Fsp3) is 0.417. The lowest BCUT2D eigenvalue weighted by Crippen LogP contribution is -2.33. The molecule has 0 bridgehead atoms. The summed E-state index contributed by atoms with van der Waals surface area (Å²) in [5, 5.41) is 6.65. The summed E-state index contributed by atoms with van der Waals surface area (Å²) in [6.45, 7) is 5.32. The van der Waals surface area contributed by atoms with Crippen LogP contribution in [-0.2, 0) is 11.2 Å². The molecular weight excluding hydrogens is 535 g/mol. The standard InChI is InChI=1S/C24H32N4O4.HI/c1-17(2)32-20-8-6-19(7-9-20)27-24(26-14-12-23(29)28(3)4)25-13-11-18-5-10-21-22(15-18)31-16-30-21;/h5-10,15,17H,11-14,16H2,1-4H3,(H2,25,26,27);1H. The summed E-state index contributed by atoms with van der Waals surface area (Å²) in [5.41, 5.74) is 2.02. The van der Waals surface area contributed by atoms with Gasteiger partial charge >= 0.3 is 0 Å². The molecule has 2 aromatic rings. The molecule has 0 atom stereocenters. The van der Waals surface area contributed by atoms with E-state index in [1.807, 2.05) is 56.3 Å². The molecule has 0 saturated heterocycles. The van der Waals surface area contributed by atoms with Crippen LogP contribution in [0.4, 0.5) is 5.69 Å². The van der Waals surface area contributed by atoms with Crippen molar-refractivity contribution in [2.75, 3.05) is 39.3 Å². The largest absolute Gasteiger partial charge is 0.491 e. The van der Waals surface area contributed by atoms with E-state index in [9.17, 15) is 4.79 Å². The summed E-state index contributed by atoms with van der Waals surface area (Å²) in [7, 11) is 3.49. The minimum Gasteiger partial charge on any atom is -0.491 e. The van der Waals surface area contributed by atoms with Gasteiger partial charge in [-0.2, -0.15) is 0 Å². The molecule has 2 aromatic carbocycles. The molecule has 0 fully saturated rings. The Kier molecular flexibility index (Phi) is 10.6. The lowest BCUT2D eigenvalue weighted by molar-refractivity contribution is -0.128. The molecule has 180 valence electrons. The summed E-state index contributed by atoms with van der Waals surface area (Å²) in [4.78, 5) is 18.0. The third kappa shape index (κ3) is 8.64. The molecule has 0 radical (unpaired) electrons. The molecule has 9 heteroatoms. The van der Waals surface area contributed by atoms with Crippen LogP contribution < -0.4 is 24.8 Å². The summed E-state index contributed by atoms with van der Waals surface area (Å²) >= 11 is 0. The van der Waals surface area contributed by atoms with Crippen LogP contribution in [0.2, 0.25) is 0 Å². The lowest BCUT2D eigenvalue weighted by atomic mass is 10.1. The van der Waals surface area contributed by atoms with E-state index in [1.54, 1.807) is 19.0 Å². The number of carbonyl (C=O) groups excluding carboxylic acids is 1. The molecule has 1 amide bonds. The fourth-order valence-corrected chi connectivity index (χ4v) is 3.07. The highest BCUT2D eigenvalue weighted by Gasteiger charge is 2.13. The third-order valence-corrected chi connectivity index (χ3v) is 4.73. The maximum atomic E-state index is 11.9. The van der Waals surface area contributed by atoms with Crippen LogP contribution in [0, 0.1) is 0 Å². The number of guanidine groups is 1. The second kappa shape index (κ2) is 13.1. The molecule has 2 N–H and O–H groups in total. The second-order valence-electron chi connectivity index (χ2n) is 7.95. The maximum Gasteiger partial charge on any atom is 0.231 e. The van der Waals surface area contributed by atoms with Gasteiger partial charge in [0.1, 0.15) is 5.75 Å². The Labute approximate surface area is 212 Å². The first kappa shape index (κ1) is 26.6. The van der Waals surface area contributed by atoms with Gasteiger partial charge in [-0.25, -0.2) is 0 Å². The Morgan fingerprint density at radius 3 is 2.55 bits per heavy atom. The van der Waals surface area contributed by atoms with Gasteiger partial charge in [0.15, 0.2) is 17.5 Å². The maximum absolute atomic E-state index is 11.9. The highest BCUT2D eigenvalue weighted by molar-refractivity contribution is 14.0. The first-order chi connectivity index (χ1) is 15.4. The van der Waals surface area contributed by atoms with Crippen molar-refractivity contribution in [1.29, 1.82) is 0 Å². The van der Waals surface area contributed by atoms with E-state index in [2.05, 4.69) is 15.6 Å². The quantitative estimate of drug-likeness (QED) is 0.271. The molecule has 8 nitrogen and oxygen atoms in total. The first-order valence-corrected chi connectivity index (χ1v) is 10.8. The molecule has 3 rings (SSSR count). The Bertz CT molecular complexity index is 933. The van der Waals surface area contributed by atoms with Crippen molar-refractivity contribution in [3.05, 3.63) is 48.0 Å². The van der Waals surface area contributed by atoms with Crippen LogP contribution in [0.1, 0.15) is 25.8 Å². The predicted octanol–water partition coefficient (Wildman–Crippen LogP) is 3.90. The van der Waals surface area contributed by atoms with E-state index >= 15 is 0 Å². The number of amides is 1. The van der Waals surface area contributed by atoms with Gasteiger partial charge in [0.05, 0.1) is 12.6 Å². The first-order valence-electron chi connectivity index (χ1n) is 10.8. The number of aliphatic imine (C=N–C) groups is 1. The normalized spacial score (nSPS) is 12.2. The van der Waals surface area contributed by atoms with E-state index in [0.29, 0.717) is 25.5 Å². The molecule has 1 heterocycles. The number of ether oxygens (including phenoxy) is 3. The fourth-order valence-electron chi connectivity index (χ4n) is 3.07. The van der Waals surface area contributed by atoms with Crippen molar-refractivity contribution in [3.63, 3.8) is 0 Å². The summed E-state index contributed by atoms with van der Waals surface area (Å²) < 4.78 is 16.5. The molecule has 0 spiro atoms. The van der Waals surface area contributed by atoms with E-state index in [4.69, 9.17) is 14.2 Å². The molecule has 33 heavy (non-hydrogen) atoms. The van der Waals surface area contributed by atoms with Gasteiger partial charge in [-0.1, -0.05) is 6.07 Å². The van der Waals surface area contributed by atoms with Crippen molar-refractivity contribution in [3.8, 4) is 17.2 Å². The van der Waals surface area contributed by atoms with Gasteiger partial charge in [0.25, 0.3) is 0 Å². The van der Waals surface area contributed by atoms with Crippen molar-refractivity contribution in [1.82, 2.24) is 10.2 Å². The average molecular weight is 568 g/mol.